The number of hydrogen-bond acceptors (Lipinski definition) is 5. The second kappa shape index (κ2) is 8.23. The Balaban J connectivity index is 1.91. The highest BCUT2D eigenvalue weighted by Gasteiger charge is 2.22. The molecule has 0 spiro atoms. The molecule has 25 heavy (non-hydrogen) atoms. The highest BCUT2D eigenvalue weighted by molar-refractivity contribution is 6.00. The zero-order valence-corrected chi connectivity index (χ0v) is 14.8. The SMILES string of the molecule is COC(=O)c1c(C)[nH]c(C(=O)NCCOc2cccc(OC)c2)c1C. The van der Waals surface area contributed by atoms with Crippen LogP contribution in [0.2, 0.25) is 0 Å². The molecule has 7 nitrogen and oxygen atoms in total. The summed E-state index contributed by atoms with van der Waals surface area (Å²) in [6.45, 7) is 4.06. The minimum atomic E-state index is -0.466. The Bertz CT molecular complexity index is 767. The molecule has 1 amide bonds. The van der Waals surface area contributed by atoms with Crippen LogP contribution in [0, 0.1) is 13.8 Å². The van der Waals surface area contributed by atoms with Crippen molar-refractivity contribution in [1.82, 2.24) is 10.3 Å². The van der Waals surface area contributed by atoms with Gasteiger partial charge >= 0.3 is 5.97 Å². The fourth-order valence-corrected chi connectivity index (χ4v) is 2.50. The Hall–Kier alpha value is -2.96. The molecule has 0 aliphatic carbocycles. The maximum atomic E-state index is 12.3. The Labute approximate surface area is 146 Å². The minimum Gasteiger partial charge on any atom is -0.497 e. The van der Waals surface area contributed by atoms with Crippen LogP contribution in [0.25, 0.3) is 0 Å². The maximum absolute atomic E-state index is 12.3. The summed E-state index contributed by atoms with van der Waals surface area (Å²) in [5.41, 5.74) is 1.90. The van der Waals surface area contributed by atoms with Crippen molar-refractivity contribution in [3.63, 3.8) is 0 Å². The van der Waals surface area contributed by atoms with Crippen molar-refractivity contribution in [1.29, 1.82) is 0 Å². The minimum absolute atomic E-state index is 0.301. The van der Waals surface area contributed by atoms with Crippen LogP contribution in [0.1, 0.15) is 32.1 Å². The molecule has 0 aliphatic heterocycles. The fraction of sp³-hybridized carbons (Fsp3) is 0.333. The molecule has 0 bridgehead atoms. The molecule has 0 saturated carbocycles. The molecule has 0 fully saturated rings. The molecule has 0 radical (unpaired) electrons. The van der Waals surface area contributed by atoms with E-state index in [1.165, 1.54) is 7.11 Å². The van der Waals surface area contributed by atoms with Crippen molar-refractivity contribution in [2.75, 3.05) is 27.4 Å². The predicted octanol–water partition coefficient (Wildman–Crippen LogP) is 2.24. The van der Waals surface area contributed by atoms with Crippen molar-refractivity contribution < 1.29 is 23.8 Å². The van der Waals surface area contributed by atoms with Crippen LogP contribution in [-0.2, 0) is 4.74 Å². The van der Waals surface area contributed by atoms with Gasteiger partial charge in [0.25, 0.3) is 5.91 Å². The van der Waals surface area contributed by atoms with E-state index in [0.29, 0.717) is 47.2 Å². The van der Waals surface area contributed by atoms with E-state index < -0.39 is 5.97 Å². The van der Waals surface area contributed by atoms with Crippen molar-refractivity contribution >= 4 is 11.9 Å². The van der Waals surface area contributed by atoms with Gasteiger partial charge in [0.15, 0.2) is 0 Å². The van der Waals surface area contributed by atoms with Gasteiger partial charge < -0.3 is 24.5 Å². The van der Waals surface area contributed by atoms with Gasteiger partial charge in [0.05, 0.1) is 26.3 Å². The summed E-state index contributed by atoms with van der Waals surface area (Å²) in [4.78, 5) is 27.0. The second-order valence-corrected chi connectivity index (χ2v) is 5.40. The van der Waals surface area contributed by atoms with Gasteiger partial charge in [0, 0.05) is 11.8 Å². The lowest BCUT2D eigenvalue weighted by atomic mass is 10.1. The summed E-state index contributed by atoms with van der Waals surface area (Å²) in [6, 6.07) is 7.23. The summed E-state index contributed by atoms with van der Waals surface area (Å²) < 4.78 is 15.4. The van der Waals surface area contributed by atoms with E-state index in [0.717, 1.165) is 0 Å². The molecule has 134 valence electrons. The topological polar surface area (TPSA) is 89.7 Å². The molecule has 2 rings (SSSR count). The normalized spacial score (nSPS) is 10.2. The van der Waals surface area contributed by atoms with E-state index in [1.807, 2.05) is 18.2 Å². The summed E-state index contributed by atoms with van der Waals surface area (Å²) in [5.74, 6) is 0.597. The van der Waals surface area contributed by atoms with Gasteiger partial charge in [-0.1, -0.05) is 6.07 Å². The average molecular weight is 346 g/mol. The maximum Gasteiger partial charge on any atom is 0.339 e. The van der Waals surface area contributed by atoms with Crippen LogP contribution in [0.5, 0.6) is 11.5 Å². The number of methoxy groups -OCH3 is 2. The highest BCUT2D eigenvalue weighted by Crippen LogP contribution is 2.19. The van der Waals surface area contributed by atoms with E-state index >= 15 is 0 Å². The zero-order valence-electron chi connectivity index (χ0n) is 14.8. The van der Waals surface area contributed by atoms with E-state index in [4.69, 9.17) is 14.2 Å². The monoisotopic (exact) mass is 346 g/mol. The molecule has 1 aromatic heterocycles. The number of carbonyl (C=O) groups excluding carboxylic acids is 2. The third kappa shape index (κ3) is 4.32. The van der Waals surface area contributed by atoms with Crippen LogP contribution in [0.3, 0.4) is 0 Å². The van der Waals surface area contributed by atoms with Crippen molar-refractivity contribution in [3.8, 4) is 11.5 Å². The third-order valence-electron chi connectivity index (χ3n) is 3.75. The van der Waals surface area contributed by atoms with Gasteiger partial charge in [0.2, 0.25) is 0 Å². The number of rotatable bonds is 7. The van der Waals surface area contributed by atoms with Gasteiger partial charge in [-0.25, -0.2) is 4.79 Å². The van der Waals surface area contributed by atoms with E-state index in [9.17, 15) is 9.59 Å². The van der Waals surface area contributed by atoms with Crippen LogP contribution in [-0.4, -0.2) is 44.2 Å². The molecule has 0 atom stereocenters. The molecule has 1 heterocycles. The smallest absolute Gasteiger partial charge is 0.339 e. The molecular weight excluding hydrogens is 324 g/mol. The summed E-state index contributed by atoms with van der Waals surface area (Å²) >= 11 is 0. The lowest BCUT2D eigenvalue weighted by Gasteiger charge is -2.09. The number of aromatic amines is 1. The molecule has 0 saturated heterocycles. The molecular formula is C18H22N2O5. The third-order valence-corrected chi connectivity index (χ3v) is 3.75. The first-order chi connectivity index (χ1) is 12.0. The number of aromatic nitrogens is 1. The number of amides is 1. The molecule has 0 unspecified atom stereocenters. The van der Waals surface area contributed by atoms with E-state index in [2.05, 4.69) is 10.3 Å². The summed E-state index contributed by atoms with van der Waals surface area (Å²) in [5, 5.41) is 2.76. The van der Waals surface area contributed by atoms with Crippen molar-refractivity contribution in [3.05, 3.63) is 46.8 Å². The molecule has 0 aliphatic rings. The van der Waals surface area contributed by atoms with Crippen LogP contribution >= 0.6 is 0 Å². The van der Waals surface area contributed by atoms with Crippen LogP contribution in [0.15, 0.2) is 24.3 Å². The predicted molar refractivity (Wildman–Crippen MR) is 92.4 cm³/mol. The van der Waals surface area contributed by atoms with Crippen LogP contribution < -0.4 is 14.8 Å². The van der Waals surface area contributed by atoms with Gasteiger partial charge in [0.1, 0.15) is 23.8 Å². The molecule has 1 aromatic carbocycles. The van der Waals surface area contributed by atoms with E-state index in [-0.39, 0.29) is 5.91 Å². The molecule has 2 N–H and O–H groups in total. The number of H-pyrrole nitrogens is 1. The number of esters is 1. The Morgan fingerprint density at radius 3 is 2.56 bits per heavy atom. The van der Waals surface area contributed by atoms with Crippen molar-refractivity contribution in [2.24, 2.45) is 0 Å². The Kier molecular flexibility index (Phi) is 6.05. The number of carbonyl (C=O) groups is 2. The molecule has 7 heteroatoms. The average Bonchev–Trinajstić information content (AvgIpc) is 2.92. The standard InChI is InChI=1S/C18H22N2O5/c1-11-15(18(22)24-4)12(2)20-16(11)17(21)19-8-9-25-14-7-5-6-13(10-14)23-3/h5-7,10,20H,8-9H2,1-4H3,(H,19,21). The lowest BCUT2D eigenvalue weighted by Crippen LogP contribution is -2.29. The number of benzene rings is 1. The number of aryl methyl sites for hydroxylation is 1. The Morgan fingerprint density at radius 1 is 1.16 bits per heavy atom. The van der Waals surface area contributed by atoms with Crippen molar-refractivity contribution in [2.45, 2.75) is 13.8 Å². The second-order valence-electron chi connectivity index (χ2n) is 5.40. The first kappa shape index (κ1) is 18.4. The largest absolute Gasteiger partial charge is 0.497 e. The van der Waals surface area contributed by atoms with E-state index in [1.54, 1.807) is 27.0 Å². The molecule has 2 aromatic rings. The number of hydrogen-bond donors (Lipinski definition) is 2. The first-order valence-electron chi connectivity index (χ1n) is 7.80. The lowest BCUT2D eigenvalue weighted by molar-refractivity contribution is 0.0599. The van der Waals surface area contributed by atoms with Gasteiger partial charge in [-0.2, -0.15) is 0 Å². The number of nitrogens with one attached hydrogen (secondary N) is 2. The zero-order chi connectivity index (χ0) is 18.4. The van der Waals surface area contributed by atoms with Gasteiger partial charge in [-0.15, -0.1) is 0 Å². The summed E-state index contributed by atoms with van der Waals surface area (Å²) in [6.07, 6.45) is 0. The highest BCUT2D eigenvalue weighted by atomic mass is 16.5. The summed E-state index contributed by atoms with van der Waals surface area (Å²) in [7, 11) is 2.90. The quantitative estimate of drug-likeness (QED) is 0.593. The van der Waals surface area contributed by atoms with Crippen LogP contribution in [0.4, 0.5) is 0 Å². The Morgan fingerprint density at radius 2 is 1.88 bits per heavy atom. The van der Waals surface area contributed by atoms with Gasteiger partial charge in [-0.05, 0) is 31.5 Å². The first-order valence-corrected chi connectivity index (χ1v) is 7.80. The van der Waals surface area contributed by atoms with Gasteiger partial charge in [-0.3, -0.25) is 4.79 Å². The fourth-order valence-electron chi connectivity index (χ4n) is 2.50. The number of ether oxygens (including phenoxy) is 3.